The van der Waals surface area contributed by atoms with Crippen LogP contribution in [-0.4, -0.2) is 27.9 Å². The molecule has 1 saturated heterocycles. The summed E-state index contributed by atoms with van der Waals surface area (Å²) in [7, 11) is 0. The maximum Gasteiger partial charge on any atom is 0.332 e. The van der Waals surface area contributed by atoms with Crippen LogP contribution in [0.2, 0.25) is 0 Å². The van der Waals surface area contributed by atoms with E-state index in [4.69, 9.17) is 10.6 Å². The van der Waals surface area contributed by atoms with Crippen molar-refractivity contribution in [3.05, 3.63) is 35.9 Å². The molecule has 2 rings (SSSR count). The molecule has 1 aromatic carbocycles. The number of nitrogens with one attached hydrogen (secondary N) is 1. The van der Waals surface area contributed by atoms with E-state index < -0.39 is 6.03 Å². The van der Waals surface area contributed by atoms with Crippen LogP contribution >= 0.6 is 0 Å². The van der Waals surface area contributed by atoms with Gasteiger partial charge in [-0.1, -0.05) is 51.1 Å². The Labute approximate surface area is 163 Å². The van der Waals surface area contributed by atoms with Crippen molar-refractivity contribution in [2.75, 3.05) is 0 Å². The lowest BCUT2D eigenvalue weighted by Gasteiger charge is -2.57. The van der Waals surface area contributed by atoms with Gasteiger partial charge < -0.3 is 5.73 Å². The summed E-state index contributed by atoms with van der Waals surface area (Å²) in [6, 6.07) is 9.63. The summed E-state index contributed by atoms with van der Waals surface area (Å²) in [5.74, 6) is 0.108. The number of benzene rings is 1. The molecule has 1 aromatic rings. The van der Waals surface area contributed by atoms with Crippen LogP contribution in [0.15, 0.2) is 35.4 Å². The zero-order chi connectivity index (χ0) is 20.2. The van der Waals surface area contributed by atoms with Gasteiger partial charge in [0.1, 0.15) is 6.10 Å². The first-order valence-corrected chi connectivity index (χ1v) is 9.82. The lowest BCUT2D eigenvalue weighted by atomic mass is 9.70. The first-order chi connectivity index (χ1) is 12.7. The number of urea groups is 1. The first kappa shape index (κ1) is 21.4. The maximum absolute atomic E-state index is 11.1. The van der Waals surface area contributed by atoms with Crippen molar-refractivity contribution >= 4 is 11.7 Å². The van der Waals surface area contributed by atoms with Gasteiger partial charge in [0.2, 0.25) is 0 Å². The van der Waals surface area contributed by atoms with E-state index >= 15 is 0 Å². The van der Waals surface area contributed by atoms with Crippen molar-refractivity contribution in [3.8, 4) is 0 Å². The number of primary amides is 1. The van der Waals surface area contributed by atoms with Crippen LogP contribution in [0.4, 0.5) is 4.79 Å². The number of hydrogen-bond acceptors (Lipinski definition) is 4. The summed E-state index contributed by atoms with van der Waals surface area (Å²) in [4.78, 5) is 17.7. The highest BCUT2D eigenvalue weighted by molar-refractivity contribution is 5.90. The SMILES string of the molecule is CCC1(C)CC(=NNC(N)=O)C(C)C(C)(CC)N1OC(C)c1ccccc1. The normalized spacial score (nSPS) is 31.6. The number of carbonyl (C=O) groups is 1. The number of hydrogen-bond donors (Lipinski definition) is 2. The Bertz CT molecular complexity index is 678. The first-order valence-electron chi connectivity index (χ1n) is 9.82. The number of hydroxylamine groups is 2. The van der Waals surface area contributed by atoms with Crippen molar-refractivity contribution in [2.24, 2.45) is 16.8 Å². The standard InChI is InChI=1S/C21H34N4O2/c1-7-20(5)14-18(23-24-19(22)26)15(3)21(6,8-2)25(20)27-16(4)17-12-10-9-11-13-17/h9-13,15-16H,7-8,14H2,1-6H3,(H3,22,24,26). The molecule has 6 heteroatoms. The summed E-state index contributed by atoms with van der Waals surface area (Å²) < 4.78 is 0. The molecule has 0 spiro atoms. The largest absolute Gasteiger partial charge is 0.350 e. The number of nitrogens with two attached hydrogens (primary N) is 1. The molecule has 0 aromatic heterocycles. The third kappa shape index (κ3) is 4.33. The Kier molecular flexibility index (Phi) is 6.65. The van der Waals surface area contributed by atoms with Gasteiger partial charge in [-0.15, -0.1) is 0 Å². The van der Waals surface area contributed by atoms with Gasteiger partial charge in [0, 0.05) is 23.6 Å². The summed E-state index contributed by atoms with van der Waals surface area (Å²) in [6.45, 7) is 13.0. The quantitative estimate of drug-likeness (QED) is 0.725. The molecule has 1 aliphatic heterocycles. The minimum Gasteiger partial charge on any atom is -0.350 e. The molecular formula is C21H34N4O2. The minimum atomic E-state index is -0.637. The summed E-state index contributed by atoms with van der Waals surface area (Å²) in [5, 5.41) is 6.53. The lowest BCUT2D eigenvalue weighted by molar-refractivity contribution is -0.309. The predicted octanol–water partition coefficient (Wildman–Crippen LogP) is 4.38. The molecule has 4 unspecified atom stereocenters. The van der Waals surface area contributed by atoms with E-state index in [2.05, 4.69) is 69.3 Å². The number of carbonyl (C=O) groups excluding carboxylic acids is 1. The Morgan fingerprint density at radius 1 is 1.33 bits per heavy atom. The molecule has 6 nitrogen and oxygen atoms in total. The van der Waals surface area contributed by atoms with Crippen molar-refractivity contribution < 1.29 is 9.63 Å². The molecule has 1 aliphatic rings. The molecular weight excluding hydrogens is 340 g/mol. The second-order valence-corrected chi connectivity index (χ2v) is 7.99. The number of rotatable bonds is 6. The molecule has 1 heterocycles. The molecule has 2 amide bonds. The number of nitrogens with zero attached hydrogens (tertiary/aromatic N) is 2. The summed E-state index contributed by atoms with van der Waals surface area (Å²) in [6.07, 6.45) is 2.44. The third-order valence-corrected chi connectivity index (χ3v) is 6.27. The van der Waals surface area contributed by atoms with Gasteiger partial charge >= 0.3 is 6.03 Å². The molecule has 3 N–H and O–H groups in total. The fourth-order valence-corrected chi connectivity index (χ4v) is 3.94. The van der Waals surface area contributed by atoms with Crippen LogP contribution in [0.5, 0.6) is 0 Å². The highest BCUT2D eigenvalue weighted by Crippen LogP contribution is 2.45. The van der Waals surface area contributed by atoms with E-state index in [9.17, 15) is 4.79 Å². The molecule has 4 atom stereocenters. The average Bonchev–Trinajstić information content (AvgIpc) is 2.67. The van der Waals surface area contributed by atoms with Crippen molar-refractivity contribution in [2.45, 2.75) is 78.0 Å². The predicted molar refractivity (Wildman–Crippen MR) is 109 cm³/mol. The van der Waals surface area contributed by atoms with Crippen LogP contribution < -0.4 is 11.2 Å². The van der Waals surface area contributed by atoms with Crippen LogP contribution in [0.3, 0.4) is 0 Å². The molecule has 150 valence electrons. The van der Waals surface area contributed by atoms with E-state index in [0.717, 1.165) is 24.1 Å². The van der Waals surface area contributed by atoms with E-state index in [1.54, 1.807) is 0 Å². The van der Waals surface area contributed by atoms with Crippen LogP contribution in [0, 0.1) is 5.92 Å². The summed E-state index contributed by atoms with van der Waals surface area (Å²) >= 11 is 0. The second kappa shape index (κ2) is 8.40. The molecule has 0 aliphatic carbocycles. The highest BCUT2D eigenvalue weighted by Gasteiger charge is 2.53. The average molecular weight is 375 g/mol. The highest BCUT2D eigenvalue weighted by atomic mass is 16.7. The molecule has 0 bridgehead atoms. The van der Waals surface area contributed by atoms with Gasteiger partial charge in [-0.05, 0) is 39.2 Å². The Hall–Kier alpha value is -1.92. The topological polar surface area (TPSA) is 79.9 Å². The molecule has 0 saturated carbocycles. The zero-order valence-corrected chi connectivity index (χ0v) is 17.5. The van der Waals surface area contributed by atoms with Crippen molar-refractivity contribution in [1.29, 1.82) is 0 Å². The number of piperidine rings is 1. The Balaban J connectivity index is 2.39. The molecule has 27 heavy (non-hydrogen) atoms. The van der Waals surface area contributed by atoms with Crippen LogP contribution in [0.25, 0.3) is 0 Å². The number of amides is 2. The molecule has 0 radical (unpaired) electrons. The Morgan fingerprint density at radius 2 is 1.96 bits per heavy atom. The fourth-order valence-electron chi connectivity index (χ4n) is 3.94. The smallest absolute Gasteiger partial charge is 0.332 e. The summed E-state index contributed by atoms with van der Waals surface area (Å²) in [5.41, 5.74) is 9.24. The number of hydrazone groups is 1. The van der Waals surface area contributed by atoms with Crippen molar-refractivity contribution in [3.63, 3.8) is 0 Å². The van der Waals surface area contributed by atoms with E-state index in [0.29, 0.717) is 6.42 Å². The van der Waals surface area contributed by atoms with Crippen LogP contribution in [-0.2, 0) is 4.84 Å². The second-order valence-electron chi connectivity index (χ2n) is 7.99. The van der Waals surface area contributed by atoms with Crippen molar-refractivity contribution in [1.82, 2.24) is 10.5 Å². The van der Waals surface area contributed by atoms with Crippen LogP contribution in [0.1, 0.15) is 72.5 Å². The van der Waals surface area contributed by atoms with Gasteiger partial charge in [0.05, 0.1) is 5.54 Å². The maximum atomic E-state index is 11.1. The van der Waals surface area contributed by atoms with Gasteiger partial charge in [0.15, 0.2) is 0 Å². The van der Waals surface area contributed by atoms with E-state index in [1.807, 2.05) is 18.2 Å². The van der Waals surface area contributed by atoms with Gasteiger partial charge in [-0.3, -0.25) is 4.84 Å². The van der Waals surface area contributed by atoms with E-state index in [1.165, 1.54) is 0 Å². The van der Waals surface area contributed by atoms with Gasteiger partial charge in [-0.2, -0.15) is 10.2 Å². The minimum absolute atomic E-state index is 0.0580. The monoisotopic (exact) mass is 374 g/mol. The van der Waals surface area contributed by atoms with E-state index in [-0.39, 0.29) is 23.1 Å². The fraction of sp³-hybridized carbons (Fsp3) is 0.619. The van der Waals surface area contributed by atoms with Gasteiger partial charge in [-0.25, -0.2) is 10.2 Å². The third-order valence-electron chi connectivity index (χ3n) is 6.27. The lowest BCUT2D eigenvalue weighted by Crippen LogP contribution is -2.66. The molecule has 1 fully saturated rings. The van der Waals surface area contributed by atoms with Gasteiger partial charge in [0.25, 0.3) is 0 Å². The Morgan fingerprint density at radius 3 is 2.48 bits per heavy atom. The zero-order valence-electron chi connectivity index (χ0n) is 17.5.